The van der Waals surface area contributed by atoms with E-state index in [1.807, 2.05) is 0 Å². The average Bonchev–Trinajstić information content (AvgIpc) is 2.97. The van der Waals surface area contributed by atoms with Crippen LogP contribution in [-0.2, 0) is 14.3 Å². The summed E-state index contributed by atoms with van der Waals surface area (Å²) in [5.74, 6) is 0.547. The number of amides is 1. The summed E-state index contributed by atoms with van der Waals surface area (Å²) >= 11 is 5.88. The minimum Gasteiger partial charge on any atom is -0.495 e. The molecule has 1 aromatic heterocycles. The van der Waals surface area contributed by atoms with Crippen molar-refractivity contribution in [3.8, 4) is 5.75 Å². The third-order valence-corrected chi connectivity index (χ3v) is 3.16. The summed E-state index contributed by atoms with van der Waals surface area (Å²) in [7, 11) is 1.47. The highest BCUT2D eigenvalue weighted by Crippen LogP contribution is 2.27. The van der Waals surface area contributed by atoms with Gasteiger partial charge in [0.1, 0.15) is 17.3 Å². The van der Waals surface area contributed by atoms with E-state index in [-0.39, 0.29) is 0 Å². The Morgan fingerprint density at radius 3 is 2.75 bits per heavy atom. The Labute approximate surface area is 144 Å². The SMILES string of the molecule is COc1ccc(Cl)cc1NC(=O)COC(=O)C=Cc1ccc(C)o1. The molecule has 0 radical (unpaired) electrons. The molecule has 1 aromatic carbocycles. The molecular weight excluding hydrogens is 334 g/mol. The maximum atomic E-state index is 11.8. The number of esters is 1. The van der Waals surface area contributed by atoms with Crippen LogP contribution in [0.15, 0.2) is 40.8 Å². The third kappa shape index (κ3) is 5.17. The van der Waals surface area contributed by atoms with Crippen LogP contribution in [0.1, 0.15) is 11.5 Å². The van der Waals surface area contributed by atoms with Crippen LogP contribution in [0, 0.1) is 6.92 Å². The van der Waals surface area contributed by atoms with Crippen LogP contribution >= 0.6 is 11.6 Å². The lowest BCUT2D eigenvalue weighted by Crippen LogP contribution is -2.20. The van der Waals surface area contributed by atoms with Crippen molar-refractivity contribution in [1.82, 2.24) is 0 Å². The lowest BCUT2D eigenvalue weighted by molar-refractivity contribution is -0.142. The summed E-state index contributed by atoms with van der Waals surface area (Å²) in [6.45, 7) is 1.36. The van der Waals surface area contributed by atoms with Crippen LogP contribution in [0.2, 0.25) is 5.02 Å². The number of ether oxygens (including phenoxy) is 2. The molecule has 0 unspecified atom stereocenters. The van der Waals surface area contributed by atoms with E-state index in [1.54, 1.807) is 37.3 Å². The van der Waals surface area contributed by atoms with Gasteiger partial charge in [-0.05, 0) is 43.3 Å². The van der Waals surface area contributed by atoms with Gasteiger partial charge in [0.15, 0.2) is 6.61 Å². The topological polar surface area (TPSA) is 77.8 Å². The van der Waals surface area contributed by atoms with Crippen molar-refractivity contribution in [1.29, 1.82) is 0 Å². The number of carbonyl (C=O) groups excluding carboxylic acids is 2. The quantitative estimate of drug-likeness (QED) is 0.638. The van der Waals surface area contributed by atoms with E-state index >= 15 is 0 Å². The molecule has 6 nitrogen and oxygen atoms in total. The number of hydrogen-bond donors (Lipinski definition) is 1. The summed E-state index contributed by atoms with van der Waals surface area (Å²) in [6, 6.07) is 8.29. The number of aryl methyl sites for hydroxylation is 1. The Morgan fingerprint density at radius 2 is 2.08 bits per heavy atom. The van der Waals surface area contributed by atoms with Gasteiger partial charge in [0, 0.05) is 11.1 Å². The second kappa shape index (κ2) is 8.21. The molecule has 2 rings (SSSR count). The second-order valence-corrected chi connectivity index (χ2v) is 5.22. The van der Waals surface area contributed by atoms with Crippen molar-refractivity contribution in [2.24, 2.45) is 0 Å². The number of rotatable bonds is 6. The fraction of sp³-hybridized carbons (Fsp3) is 0.176. The maximum absolute atomic E-state index is 11.8. The van der Waals surface area contributed by atoms with Gasteiger partial charge in [-0.1, -0.05) is 11.6 Å². The van der Waals surface area contributed by atoms with Gasteiger partial charge >= 0.3 is 5.97 Å². The van der Waals surface area contributed by atoms with Gasteiger partial charge in [-0.2, -0.15) is 0 Å². The zero-order chi connectivity index (χ0) is 17.5. The zero-order valence-electron chi connectivity index (χ0n) is 13.2. The van der Waals surface area contributed by atoms with Gasteiger partial charge in [0.05, 0.1) is 12.8 Å². The van der Waals surface area contributed by atoms with Crippen molar-refractivity contribution < 1.29 is 23.5 Å². The average molecular weight is 350 g/mol. The van der Waals surface area contributed by atoms with Gasteiger partial charge in [0.2, 0.25) is 0 Å². The Morgan fingerprint density at radius 1 is 1.29 bits per heavy atom. The van der Waals surface area contributed by atoms with Crippen molar-refractivity contribution in [3.63, 3.8) is 0 Å². The molecule has 126 valence electrons. The number of hydrogen-bond acceptors (Lipinski definition) is 5. The van der Waals surface area contributed by atoms with Crippen molar-refractivity contribution in [2.45, 2.75) is 6.92 Å². The molecule has 0 aliphatic heterocycles. The molecule has 7 heteroatoms. The van der Waals surface area contributed by atoms with Crippen molar-refractivity contribution in [2.75, 3.05) is 19.0 Å². The summed E-state index contributed by atoms with van der Waals surface area (Å²) in [5.41, 5.74) is 0.396. The molecule has 0 saturated carbocycles. The van der Waals surface area contributed by atoms with Gasteiger partial charge in [0.25, 0.3) is 5.91 Å². The van der Waals surface area contributed by atoms with Gasteiger partial charge in [-0.25, -0.2) is 4.79 Å². The molecule has 2 aromatic rings. The maximum Gasteiger partial charge on any atom is 0.331 e. The summed E-state index contributed by atoms with van der Waals surface area (Å²) in [4.78, 5) is 23.4. The minimum atomic E-state index is -0.655. The number of halogens is 1. The normalized spacial score (nSPS) is 10.6. The fourth-order valence-corrected chi connectivity index (χ4v) is 2.01. The first-order valence-corrected chi connectivity index (χ1v) is 7.40. The Kier molecular flexibility index (Phi) is 6.03. The molecule has 0 atom stereocenters. The molecule has 0 spiro atoms. The van der Waals surface area contributed by atoms with Crippen LogP contribution in [-0.4, -0.2) is 25.6 Å². The van der Waals surface area contributed by atoms with Crippen LogP contribution in [0.25, 0.3) is 6.08 Å². The monoisotopic (exact) mass is 349 g/mol. The first-order valence-electron chi connectivity index (χ1n) is 7.02. The molecule has 0 saturated heterocycles. The van der Waals surface area contributed by atoms with Crippen molar-refractivity contribution >= 4 is 35.2 Å². The van der Waals surface area contributed by atoms with Crippen LogP contribution in [0.5, 0.6) is 5.75 Å². The summed E-state index contributed by atoms with van der Waals surface area (Å²) in [6.07, 6.45) is 2.65. The number of benzene rings is 1. The molecule has 1 heterocycles. The third-order valence-electron chi connectivity index (χ3n) is 2.93. The zero-order valence-corrected chi connectivity index (χ0v) is 13.9. The highest BCUT2D eigenvalue weighted by atomic mass is 35.5. The molecule has 1 N–H and O–H groups in total. The van der Waals surface area contributed by atoms with E-state index in [2.05, 4.69) is 5.32 Å². The number of anilines is 1. The van der Waals surface area contributed by atoms with Gasteiger partial charge < -0.3 is 19.2 Å². The van der Waals surface area contributed by atoms with Gasteiger partial charge in [-0.15, -0.1) is 0 Å². The Bertz CT molecular complexity index is 766. The molecule has 0 aliphatic carbocycles. The van der Waals surface area contributed by atoms with Gasteiger partial charge in [-0.3, -0.25) is 4.79 Å². The lowest BCUT2D eigenvalue weighted by Gasteiger charge is -2.10. The minimum absolute atomic E-state index is 0.396. The van der Waals surface area contributed by atoms with Crippen LogP contribution in [0.3, 0.4) is 0 Å². The van der Waals surface area contributed by atoms with E-state index < -0.39 is 18.5 Å². The first kappa shape index (κ1) is 17.6. The predicted octanol–water partition coefficient (Wildman–Crippen LogP) is 3.45. The van der Waals surface area contributed by atoms with E-state index in [1.165, 1.54) is 19.3 Å². The second-order valence-electron chi connectivity index (χ2n) is 4.78. The predicted molar refractivity (Wildman–Crippen MR) is 90.1 cm³/mol. The standard InChI is InChI=1S/C17H16ClNO5/c1-11-3-5-13(24-11)6-8-17(21)23-10-16(20)19-14-9-12(18)4-7-15(14)22-2/h3-9H,10H2,1-2H3,(H,19,20). The Hall–Kier alpha value is -2.73. The van der Waals surface area contributed by atoms with E-state index in [9.17, 15) is 9.59 Å². The molecule has 0 fully saturated rings. The highest BCUT2D eigenvalue weighted by Gasteiger charge is 2.10. The van der Waals surface area contributed by atoms with Crippen LogP contribution in [0.4, 0.5) is 5.69 Å². The van der Waals surface area contributed by atoms with E-state index in [4.69, 9.17) is 25.5 Å². The van der Waals surface area contributed by atoms with Crippen LogP contribution < -0.4 is 10.1 Å². The molecule has 1 amide bonds. The molecular formula is C17H16ClNO5. The number of carbonyl (C=O) groups is 2. The number of nitrogens with one attached hydrogen (secondary N) is 1. The lowest BCUT2D eigenvalue weighted by atomic mass is 10.3. The molecule has 0 aliphatic rings. The first-order chi connectivity index (χ1) is 11.5. The molecule has 0 bridgehead atoms. The largest absolute Gasteiger partial charge is 0.495 e. The number of methoxy groups -OCH3 is 1. The smallest absolute Gasteiger partial charge is 0.331 e. The van der Waals surface area contributed by atoms with E-state index in [0.717, 1.165) is 5.76 Å². The highest BCUT2D eigenvalue weighted by molar-refractivity contribution is 6.31. The number of furan rings is 1. The van der Waals surface area contributed by atoms with E-state index in [0.29, 0.717) is 22.2 Å². The summed E-state index contributed by atoms with van der Waals surface area (Å²) in [5, 5.41) is 3.01. The van der Waals surface area contributed by atoms with Crippen molar-refractivity contribution in [3.05, 3.63) is 53.0 Å². The summed E-state index contributed by atoms with van der Waals surface area (Å²) < 4.78 is 15.2. The Balaban J connectivity index is 1.85. The molecule has 24 heavy (non-hydrogen) atoms. The fourth-order valence-electron chi connectivity index (χ4n) is 1.84.